The Kier molecular flexibility index (Phi) is 3.21. The lowest BCUT2D eigenvalue weighted by Gasteiger charge is -2.16. The predicted octanol–water partition coefficient (Wildman–Crippen LogP) is 2.83. The predicted molar refractivity (Wildman–Crippen MR) is 61.7 cm³/mol. The fraction of sp³-hybridized carbons (Fsp3) is 0.250. The fourth-order valence-electron chi connectivity index (χ4n) is 1.55. The summed E-state index contributed by atoms with van der Waals surface area (Å²) in [6.45, 7) is 0.484. The zero-order chi connectivity index (χ0) is 10.7. The van der Waals surface area contributed by atoms with Crippen LogP contribution >= 0.6 is 15.9 Å². The van der Waals surface area contributed by atoms with Gasteiger partial charge in [0.2, 0.25) is 0 Å². The van der Waals surface area contributed by atoms with Crippen molar-refractivity contribution in [3.8, 4) is 0 Å². The second-order valence-corrected chi connectivity index (χ2v) is 4.39. The Morgan fingerprint density at radius 2 is 2.00 bits per heavy atom. The van der Waals surface area contributed by atoms with Gasteiger partial charge >= 0.3 is 5.97 Å². The number of rotatable bonds is 2. The third-order valence-electron chi connectivity index (χ3n) is 2.35. The average molecular weight is 267 g/mol. The molecule has 78 valence electrons. The highest BCUT2D eigenvalue weighted by molar-refractivity contribution is 9.11. The number of benzene rings is 1. The SMILES string of the molecule is O=C1OCCC(Br)=C1Cc1ccccc1. The summed E-state index contributed by atoms with van der Waals surface area (Å²) in [5, 5.41) is 0. The number of carbonyl (C=O) groups is 1. The van der Waals surface area contributed by atoms with Crippen molar-refractivity contribution in [1.29, 1.82) is 0 Å². The van der Waals surface area contributed by atoms with E-state index in [1.807, 2.05) is 30.3 Å². The van der Waals surface area contributed by atoms with Crippen molar-refractivity contribution in [2.24, 2.45) is 0 Å². The van der Waals surface area contributed by atoms with Gasteiger partial charge in [-0.2, -0.15) is 0 Å². The van der Waals surface area contributed by atoms with Gasteiger partial charge in [-0.1, -0.05) is 46.3 Å². The highest BCUT2D eigenvalue weighted by Gasteiger charge is 2.20. The molecule has 0 aromatic heterocycles. The summed E-state index contributed by atoms with van der Waals surface area (Å²) in [6.07, 6.45) is 1.42. The van der Waals surface area contributed by atoms with Crippen molar-refractivity contribution in [2.75, 3.05) is 6.61 Å². The standard InChI is InChI=1S/C12H11BrO2/c13-11-6-7-15-12(14)10(11)8-9-4-2-1-3-5-9/h1-5H,6-8H2. The van der Waals surface area contributed by atoms with E-state index in [0.717, 1.165) is 22.0 Å². The first-order valence-electron chi connectivity index (χ1n) is 4.86. The van der Waals surface area contributed by atoms with Crippen LogP contribution < -0.4 is 0 Å². The van der Waals surface area contributed by atoms with Crippen molar-refractivity contribution in [1.82, 2.24) is 0 Å². The minimum Gasteiger partial charge on any atom is -0.462 e. The van der Waals surface area contributed by atoms with Crippen LogP contribution in [0.4, 0.5) is 0 Å². The average Bonchev–Trinajstić information content (AvgIpc) is 2.25. The van der Waals surface area contributed by atoms with Crippen LogP contribution in [0.15, 0.2) is 40.4 Å². The van der Waals surface area contributed by atoms with Gasteiger partial charge in [0.05, 0.1) is 12.2 Å². The molecule has 0 bridgehead atoms. The first-order valence-corrected chi connectivity index (χ1v) is 5.65. The molecule has 0 N–H and O–H groups in total. The number of halogens is 1. The van der Waals surface area contributed by atoms with Crippen LogP contribution in [0.25, 0.3) is 0 Å². The summed E-state index contributed by atoms with van der Waals surface area (Å²) in [4.78, 5) is 11.5. The summed E-state index contributed by atoms with van der Waals surface area (Å²) < 4.78 is 5.98. The molecule has 1 heterocycles. The molecule has 3 heteroatoms. The Morgan fingerprint density at radius 3 is 2.67 bits per heavy atom. The van der Waals surface area contributed by atoms with E-state index in [1.165, 1.54) is 0 Å². The summed E-state index contributed by atoms with van der Waals surface area (Å²) in [6, 6.07) is 9.92. The van der Waals surface area contributed by atoms with Gasteiger partial charge in [-0.3, -0.25) is 0 Å². The molecule has 0 saturated carbocycles. The first-order chi connectivity index (χ1) is 7.27. The van der Waals surface area contributed by atoms with E-state index in [9.17, 15) is 4.79 Å². The Morgan fingerprint density at radius 1 is 1.27 bits per heavy atom. The van der Waals surface area contributed by atoms with Crippen molar-refractivity contribution in [3.63, 3.8) is 0 Å². The van der Waals surface area contributed by atoms with E-state index in [2.05, 4.69) is 15.9 Å². The van der Waals surface area contributed by atoms with Crippen molar-refractivity contribution in [3.05, 3.63) is 46.0 Å². The second-order valence-electron chi connectivity index (χ2n) is 3.43. The van der Waals surface area contributed by atoms with Crippen LogP contribution in [-0.4, -0.2) is 12.6 Å². The Balaban J connectivity index is 2.21. The number of cyclic esters (lactones) is 1. The summed E-state index contributed by atoms with van der Waals surface area (Å²) in [5.74, 6) is -0.197. The Bertz CT molecular complexity index is 395. The van der Waals surface area contributed by atoms with Gasteiger partial charge in [0.25, 0.3) is 0 Å². The van der Waals surface area contributed by atoms with Crippen LogP contribution in [0.2, 0.25) is 0 Å². The molecule has 0 atom stereocenters. The van der Waals surface area contributed by atoms with Gasteiger partial charge in [0.1, 0.15) is 0 Å². The normalized spacial score (nSPS) is 16.5. The molecular formula is C12H11BrO2. The highest BCUT2D eigenvalue weighted by atomic mass is 79.9. The highest BCUT2D eigenvalue weighted by Crippen LogP contribution is 2.25. The third kappa shape index (κ3) is 2.48. The van der Waals surface area contributed by atoms with E-state index in [0.29, 0.717) is 13.0 Å². The van der Waals surface area contributed by atoms with Gasteiger partial charge in [0.15, 0.2) is 0 Å². The summed E-state index contributed by atoms with van der Waals surface area (Å²) >= 11 is 3.43. The third-order valence-corrected chi connectivity index (χ3v) is 3.23. The van der Waals surface area contributed by atoms with E-state index in [4.69, 9.17) is 4.74 Å². The maximum atomic E-state index is 11.5. The van der Waals surface area contributed by atoms with Crippen LogP contribution in [0.3, 0.4) is 0 Å². The monoisotopic (exact) mass is 266 g/mol. The minimum absolute atomic E-state index is 0.197. The molecule has 2 rings (SSSR count). The van der Waals surface area contributed by atoms with E-state index in [1.54, 1.807) is 0 Å². The van der Waals surface area contributed by atoms with Crippen LogP contribution in [0.5, 0.6) is 0 Å². The van der Waals surface area contributed by atoms with Gasteiger partial charge in [0, 0.05) is 17.3 Å². The molecule has 15 heavy (non-hydrogen) atoms. The van der Waals surface area contributed by atoms with Crippen molar-refractivity contribution < 1.29 is 9.53 Å². The fourth-order valence-corrected chi connectivity index (χ4v) is 2.01. The molecule has 1 aliphatic heterocycles. The molecule has 1 aliphatic rings. The first kappa shape index (κ1) is 10.4. The molecule has 1 aromatic carbocycles. The number of ether oxygens (including phenoxy) is 1. The van der Waals surface area contributed by atoms with E-state index in [-0.39, 0.29) is 5.97 Å². The van der Waals surface area contributed by atoms with Crippen molar-refractivity contribution in [2.45, 2.75) is 12.8 Å². The van der Waals surface area contributed by atoms with Gasteiger partial charge in [-0.15, -0.1) is 0 Å². The smallest absolute Gasteiger partial charge is 0.335 e. The molecule has 0 spiro atoms. The summed E-state index contributed by atoms with van der Waals surface area (Å²) in [7, 11) is 0. The van der Waals surface area contributed by atoms with Crippen molar-refractivity contribution >= 4 is 21.9 Å². The molecule has 0 fully saturated rings. The molecule has 2 nitrogen and oxygen atoms in total. The molecule has 1 aromatic rings. The molecule has 0 radical (unpaired) electrons. The van der Waals surface area contributed by atoms with Gasteiger partial charge in [-0.25, -0.2) is 4.79 Å². The number of esters is 1. The lowest BCUT2D eigenvalue weighted by Crippen LogP contribution is -2.17. The zero-order valence-electron chi connectivity index (χ0n) is 8.20. The summed E-state index contributed by atoms with van der Waals surface area (Å²) in [5.41, 5.74) is 1.87. The lowest BCUT2D eigenvalue weighted by atomic mass is 10.0. The Hall–Kier alpha value is -1.09. The molecule has 0 amide bonds. The largest absolute Gasteiger partial charge is 0.462 e. The topological polar surface area (TPSA) is 26.3 Å². The van der Waals surface area contributed by atoms with Gasteiger partial charge < -0.3 is 4.74 Å². The number of hydrogen-bond acceptors (Lipinski definition) is 2. The van der Waals surface area contributed by atoms with Crippen LogP contribution in [-0.2, 0) is 16.0 Å². The maximum Gasteiger partial charge on any atom is 0.335 e. The zero-order valence-corrected chi connectivity index (χ0v) is 9.79. The molecular weight excluding hydrogens is 256 g/mol. The van der Waals surface area contributed by atoms with Crippen LogP contribution in [0, 0.1) is 0 Å². The number of hydrogen-bond donors (Lipinski definition) is 0. The number of carbonyl (C=O) groups excluding carboxylic acids is 1. The lowest BCUT2D eigenvalue weighted by molar-refractivity contribution is -0.140. The second kappa shape index (κ2) is 4.62. The Labute approximate surface area is 97.1 Å². The quantitative estimate of drug-likeness (QED) is 0.770. The molecule has 0 unspecified atom stereocenters. The van der Waals surface area contributed by atoms with E-state index >= 15 is 0 Å². The van der Waals surface area contributed by atoms with Gasteiger partial charge in [-0.05, 0) is 5.56 Å². The molecule has 0 saturated heterocycles. The maximum absolute atomic E-state index is 11.5. The van der Waals surface area contributed by atoms with E-state index < -0.39 is 0 Å². The minimum atomic E-state index is -0.197. The van der Waals surface area contributed by atoms with Crippen LogP contribution in [0.1, 0.15) is 12.0 Å². The molecule has 0 aliphatic carbocycles.